The van der Waals surface area contributed by atoms with E-state index >= 15 is 0 Å². The van der Waals surface area contributed by atoms with Crippen molar-refractivity contribution in [2.45, 2.75) is 6.42 Å². The smallest absolute Gasteiger partial charge is 0.237 e. The maximum atomic E-state index is 12.0. The second-order valence-corrected chi connectivity index (χ2v) is 4.71. The summed E-state index contributed by atoms with van der Waals surface area (Å²) >= 11 is 0. The van der Waals surface area contributed by atoms with E-state index < -0.39 is 5.41 Å². The maximum absolute atomic E-state index is 12.0. The van der Waals surface area contributed by atoms with E-state index in [4.69, 9.17) is 5.73 Å². The van der Waals surface area contributed by atoms with Crippen molar-refractivity contribution in [1.82, 2.24) is 0 Å². The number of carbonyl (C=O) groups is 1. The first kappa shape index (κ1) is 11.7. The molecule has 0 saturated heterocycles. The van der Waals surface area contributed by atoms with Gasteiger partial charge in [0.25, 0.3) is 0 Å². The van der Waals surface area contributed by atoms with Gasteiger partial charge in [0.15, 0.2) is 0 Å². The van der Waals surface area contributed by atoms with Gasteiger partial charge in [0.05, 0.1) is 0 Å². The van der Waals surface area contributed by atoms with Crippen LogP contribution in [0, 0.1) is 5.41 Å². The summed E-state index contributed by atoms with van der Waals surface area (Å²) < 4.78 is 0. The minimum atomic E-state index is -0.857. The number of primary amides is 1. The number of nitrogens with zero attached hydrogens (tertiary/aromatic N) is 1. The summed E-state index contributed by atoms with van der Waals surface area (Å²) in [5.41, 5.74) is 7.56. The summed E-state index contributed by atoms with van der Waals surface area (Å²) in [6, 6.07) is 9.98. The van der Waals surface area contributed by atoms with Crippen molar-refractivity contribution in [3.8, 4) is 0 Å². The van der Waals surface area contributed by atoms with Crippen molar-refractivity contribution in [3.05, 3.63) is 72.0 Å². The molecule has 1 aromatic rings. The van der Waals surface area contributed by atoms with E-state index in [1.54, 1.807) is 6.20 Å². The largest absolute Gasteiger partial charge is 0.368 e. The average Bonchev–Trinajstić information content (AvgIpc) is 2.80. The van der Waals surface area contributed by atoms with E-state index in [9.17, 15) is 4.79 Å². The van der Waals surface area contributed by atoms with Gasteiger partial charge in [-0.3, -0.25) is 9.79 Å². The van der Waals surface area contributed by atoms with Crippen LogP contribution in [0.2, 0.25) is 0 Å². The third kappa shape index (κ3) is 1.74. The van der Waals surface area contributed by atoms with Crippen molar-refractivity contribution in [2.24, 2.45) is 16.1 Å². The predicted octanol–water partition coefficient (Wildman–Crippen LogP) is 2.17. The molecule has 1 aliphatic heterocycles. The van der Waals surface area contributed by atoms with Gasteiger partial charge in [0.2, 0.25) is 5.91 Å². The second-order valence-electron chi connectivity index (χ2n) is 4.71. The molecule has 0 aromatic heterocycles. The number of carbonyl (C=O) groups excluding carboxylic acids is 1. The molecule has 0 radical (unpaired) electrons. The van der Waals surface area contributed by atoms with Crippen LogP contribution in [0.25, 0.3) is 0 Å². The fourth-order valence-electron chi connectivity index (χ4n) is 2.58. The zero-order chi connectivity index (χ0) is 13.3. The normalized spacial score (nSPS) is 23.8. The minimum Gasteiger partial charge on any atom is -0.368 e. The van der Waals surface area contributed by atoms with E-state index in [1.165, 1.54) is 0 Å². The van der Waals surface area contributed by atoms with Gasteiger partial charge in [-0.1, -0.05) is 54.6 Å². The summed E-state index contributed by atoms with van der Waals surface area (Å²) in [5.74, 6) is -0.369. The lowest BCUT2D eigenvalue weighted by molar-refractivity contribution is -0.121. The summed E-state index contributed by atoms with van der Waals surface area (Å²) in [5, 5.41) is 0. The Bertz CT molecular complexity index is 638. The van der Waals surface area contributed by atoms with Crippen LogP contribution in [0.5, 0.6) is 0 Å². The van der Waals surface area contributed by atoms with Crippen LogP contribution in [0.1, 0.15) is 5.56 Å². The van der Waals surface area contributed by atoms with Gasteiger partial charge in [0, 0.05) is 18.3 Å². The topological polar surface area (TPSA) is 55.5 Å². The van der Waals surface area contributed by atoms with Crippen molar-refractivity contribution < 1.29 is 4.79 Å². The van der Waals surface area contributed by atoms with Gasteiger partial charge in [0.1, 0.15) is 5.41 Å². The fourth-order valence-corrected chi connectivity index (χ4v) is 2.58. The second kappa shape index (κ2) is 4.35. The Morgan fingerprint density at radius 3 is 2.74 bits per heavy atom. The van der Waals surface area contributed by atoms with Crippen LogP contribution in [0.15, 0.2) is 71.4 Å². The Labute approximate surface area is 111 Å². The van der Waals surface area contributed by atoms with Gasteiger partial charge in [-0.25, -0.2) is 0 Å². The molecule has 1 aliphatic carbocycles. The molecule has 0 saturated carbocycles. The molecule has 19 heavy (non-hydrogen) atoms. The molecule has 2 aliphatic rings. The first-order valence-electron chi connectivity index (χ1n) is 6.21. The van der Waals surface area contributed by atoms with Crippen LogP contribution < -0.4 is 5.73 Å². The highest BCUT2D eigenvalue weighted by atomic mass is 16.1. The third-order valence-electron chi connectivity index (χ3n) is 3.61. The zero-order valence-electron chi connectivity index (χ0n) is 10.4. The monoisotopic (exact) mass is 250 g/mol. The van der Waals surface area contributed by atoms with Crippen LogP contribution >= 0.6 is 0 Å². The average molecular weight is 250 g/mol. The number of allylic oxidation sites excluding steroid dienone is 3. The molecule has 3 nitrogen and oxygen atoms in total. The van der Waals surface area contributed by atoms with Crippen molar-refractivity contribution in [2.75, 3.05) is 0 Å². The standard InChI is InChI=1S/C16H14N2O/c17-15(19)16-9-5-4-8-13(16)11-18-14(16)10-12-6-2-1-3-7-12/h1-9,11H,10H2,(H2,17,19). The van der Waals surface area contributed by atoms with E-state index in [0.717, 1.165) is 16.8 Å². The Hall–Kier alpha value is -2.42. The lowest BCUT2D eigenvalue weighted by Gasteiger charge is -2.28. The number of hydrogen-bond donors (Lipinski definition) is 1. The summed E-state index contributed by atoms with van der Waals surface area (Å²) in [6.45, 7) is 0. The van der Waals surface area contributed by atoms with E-state index in [1.807, 2.05) is 54.6 Å². The van der Waals surface area contributed by atoms with E-state index in [2.05, 4.69) is 4.99 Å². The zero-order valence-corrected chi connectivity index (χ0v) is 10.4. The van der Waals surface area contributed by atoms with E-state index in [0.29, 0.717) is 6.42 Å². The number of fused-ring (bicyclic) bond motifs is 1. The Morgan fingerprint density at radius 1 is 1.21 bits per heavy atom. The molecule has 1 heterocycles. The van der Waals surface area contributed by atoms with Crippen LogP contribution in [0.3, 0.4) is 0 Å². The Kier molecular flexibility index (Phi) is 2.67. The van der Waals surface area contributed by atoms with Crippen molar-refractivity contribution in [1.29, 1.82) is 0 Å². The number of rotatable bonds is 3. The summed E-state index contributed by atoms with van der Waals surface area (Å²) in [4.78, 5) is 16.4. The quantitative estimate of drug-likeness (QED) is 0.878. The minimum absolute atomic E-state index is 0.369. The van der Waals surface area contributed by atoms with Gasteiger partial charge in [-0.05, 0) is 11.1 Å². The maximum Gasteiger partial charge on any atom is 0.237 e. The molecular weight excluding hydrogens is 236 g/mol. The first-order valence-corrected chi connectivity index (χ1v) is 6.21. The highest BCUT2D eigenvalue weighted by Crippen LogP contribution is 2.39. The SMILES string of the molecule is NC(=O)C12C=CC=CC1=CN=C2Cc1ccccc1. The van der Waals surface area contributed by atoms with Crippen LogP contribution in [-0.2, 0) is 11.2 Å². The molecule has 0 bridgehead atoms. The van der Waals surface area contributed by atoms with Crippen molar-refractivity contribution in [3.63, 3.8) is 0 Å². The number of amides is 1. The summed E-state index contributed by atoms with van der Waals surface area (Å²) in [7, 11) is 0. The lowest BCUT2D eigenvalue weighted by atomic mass is 9.73. The molecule has 1 amide bonds. The van der Waals surface area contributed by atoms with Gasteiger partial charge >= 0.3 is 0 Å². The van der Waals surface area contributed by atoms with Gasteiger partial charge in [-0.15, -0.1) is 0 Å². The molecule has 94 valence electrons. The molecule has 1 unspecified atom stereocenters. The number of benzene rings is 1. The van der Waals surface area contributed by atoms with Crippen LogP contribution in [-0.4, -0.2) is 11.6 Å². The highest BCUT2D eigenvalue weighted by molar-refractivity contribution is 6.16. The van der Waals surface area contributed by atoms with Gasteiger partial charge in [-0.2, -0.15) is 0 Å². The number of aliphatic imine (C=N–C) groups is 1. The Morgan fingerprint density at radius 2 is 2.00 bits per heavy atom. The van der Waals surface area contributed by atoms with Gasteiger partial charge < -0.3 is 5.73 Å². The third-order valence-corrected chi connectivity index (χ3v) is 3.61. The molecular formula is C16H14N2O. The molecule has 3 heteroatoms. The van der Waals surface area contributed by atoms with Crippen molar-refractivity contribution >= 4 is 11.6 Å². The first-order chi connectivity index (χ1) is 9.23. The molecule has 0 fully saturated rings. The fraction of sp³-hybridized carbons (Fsp3) is 0.125. The number of hydrogen-bond acceptors (Lipinski definition) is 2. The molecule has 2 N–H and O–H groups in total. The van der Waals surface area contributed by atoms with E-state index in [-0.39, 0.29) is 5.91 Å². The Balaban J connectivity index is 1.98. The molecule has 3 rings (SSSR count). The molecule has 1 aromatic carbocycles. The van der Waals surface area contributed by atoms with Crippen LogP contribution in [0.4, 0.5) is 0 Å². The predicted molar refractivity (Wildman–Crippen MR) is 75.6 cm³/mol. The summed E-state index contributed by atoms with van der Waals surface area (Å²) in [6.07, 6.45) is 9.86. The lowest BCUT2D eigenvalue weighted by Crippen LogP contribution is -2.43. The highest BCUT2D eigenvalue weighted by Gasteiger charge is 2.45. The molecule has 0 spiro atoms. The molecule has 1 atom stereocenters. The number of nitrogens with two attached hydrogens (primary N) is 1.